The molecule has 5 heteroatoms. The van der Waals surface area contributed by atoms with Gasteiger partial charge in [-0.05, 0) is 57.8 Å². The Kier molecular flexibility index (Phi) is 5.14. The van der Waals surface area contributed by atoms with E-state index < -0.39 is 11.7 Å². The molecule has 1 heterocycles. The lowest BCUT2D eigenvalue weighted by Gasteiger charge is -2.36. The first-order valence-electron chi connectivity index (χ1n) is 7.53. The van der Waals surface area contributed by atoms with E-state index in [2.05, 4.69) is 5.32 Å². The number of benzene rings is 1. The van der Waals surface area contributed by atoms with Crippen LogP contribution in [0.3, 0.4) is 0 Å². The Bertz CT molecular complexity index is 451. The monoisotopic (exact) mass is 300 g/mol. The van der Waals surface area contributed by atoms with Crippen LogP contribution in [0.25, 0.3) is 0 Å². The average molecular weight is 300 g/mol. The molecule has 0 aliphatic carbocycles. The number of piperidine rings is 1. The zero-order valence-corrected chi connectivity index (χ0v) is 12.6. The molecule has 1 saturated heterocycles. The maximum Gasteiger partial charge on any atom is 0.418 e. The van der Waals surface area contributed by atoms with Crippen molar-refractivity contribution < 1.29 is 13.2 Å². The molecule has 1 aliphatic heterocycles. The van der Waals surface area contributed by atoms with E-state index in [-0.39, 0.29) is 6.04 Å². The lowest BCUT2D eigenvalue weighted by Crippen LogP contribution is -2.42. The number of para-hydroxylation sites is 1. The van der Waals surface area contributed by atoms with E-state index in [1.807, 2.05) is 18.7 Å². The van der Waals surface area contributed by atoms with Gasteiger partial charge in [0.25, 0.3) is 0 Å². The molecule has 0 radical (unpaired) electrons. The summed E-state index contributed by atoms with van der Waals surface area (Å²) in [4.78, 5) is 1.89. The molecule has 1 N–H and O–H groups in total. The van der Waals surface area contributed by atoms with Crippen molar-refractivity contribution in [2.75, 3.05) is 24.5 Å². The number of alkyl halides is 3. The molecule has 21 heavy (non-hydrogen) atoms. The molecule has 2 rings (SSSR count). The van der Waals surface area contributed by atoms with Gasteiger partial charge in [-0.25, -0.2) is 0 Å². The van der Waals surface area contributed by atoms with E-state index in [9.17, 15) is 13.2 Å². The molecular weight excluding hydrogens is 277 g/mol. The summed E-state index contributed by atoms with van der Waals surface area (Å²) >= 11 is 0. The van der Waals surface area contributed by atoms with Crippen LogP contribution in [-0.4, -0.2) is 25.7 Å². The van der Waals surface area contributed by atoms with E-state index in [0.29, 0.717) is 18.2 Å². The predicted octanol–water partition coefficient (Wildman–Crippen LogP) is 3.92. The number of nitrogens with zero attached hydrogens (tertiary/aromatic N) is 1. The van der Waals surface area contributed by atoms with Crippen LogP contribution in [0.2, 0.25) is 0 Å². The second kappa shape index (κ2) is 6.69. The Labute approximate surface area is 124 Å². The summed E-state index contributed by atoms with van der Waals surface area (Å²) < 4.78 is 39.6. The molecule has 0 bridgehead atoms. The molecule has 1 unspecified atom stereocenters. The van der Waals surface area contributed by atoms with Gasteiger partial charge in [-0.15, -0.1) is 0 Å². The summed E-state index contributed by atoms with van der Waals surface area (Å²) in [7, 11) is 0. The second-order valence-corrected chi connectivity index (χ2v) is 5.97. The molecule has 1 atom stereocenters. The first-order chi connectivity index (χ1) is 9.89. The Hall–Kier alpha value is -1.23. The van der Waals surface area contributed by atoms with Crippen LogP contribution in [0.4, 0.5) is 18.9 Å². The van der Waals surface area contributed by atoms with Gasteiger partial charge in [-0.2, -0.15) is 13.2 Å². The fraction of sp³-hybridized carbons (Fsp3) is 0.625. The van der Waals surface area contributed by atoms with E-state index in [1.165, 1.54) is 12.1 Å². The van der Waals surface area contributed by atoms with Crippen LogP contribution >= 0.6 is 0 Å². The molecule has 1 aromatic carbocycles. The van der Waals surface area contributed by atoms with E-state index in [0.717, 1.165) is 25.9 Å². The summed E-state index contributed by atoms with van der Waals surface area (Å²) in [5.41, 5.74) is -0.243. The minimum atomic E-state index is -4.31. The van der Waals surface area contributed by atoms with Crippen LogP contribution in [0.1, 0.15) is 32.3 Å². The third kappa shape index (κ3) is 4.13. The zero-order chi connectivity index (χ0) is 15.5. The summed E-state index contributed by atoms with van der Waals surface area (Å²) in [6.45, 7) is 6.46. The fourth-order valence-electron chi connectivity index (χ4n) is 2.91. The first-order valence-corrected chi connectivity index (χ1v) is 7.53. The van der Waals surface area contributed by atoms with Crippen LogP contribution in [-0.2, 0) is 6.18 Å². The molecule has 118 valence electrons. The van der Waals surface area contributed by atoms with Crippen LogP contribution in [0.15, 0.2) is 24.3 Å². The maximum atomic E-state index is 13.2. The number of hydrogen-bond donors (Lipinski definition) is 1. The molecule has 0 saturated carbocycles. The van der Waals surface area contributed by atoms with Gasteiger partial charge in [-0.1, -0.05) is 12.1 Å². The molecule has 1 aliphatic rings. The van der Waals surface area contributed by atoms with Gasteiger partial charge < -0.3 is 10.2 Å². The van der Waals surface area contributed by atoms with Crippen molar-refractivity contribution in [3.63, 3.8) is 0 Å². The van der Waals surface area contributed by atoms with Crippen molar-refractivity contribution in [1.82, 2.24) is 5.32 Å². The van der Waals surface area contributed by atoms with Crippen LogP contribution < -0.4 is 10.2 Å². The normalized spacial score (nSPS) is 19.8. The average Bonchev–Trinajstić information content (AvgIpc) is 2.45. The molecule has 1 fully saturated rings. The Morgan fingerprint density at radius 2 is 2.00 bits per heavy atom. The molecule has 0 spiro atoms. The fourth-order valence-corrected chi connectivity index (χ4v) is 2.91. The topological polar surface area (TPSA) is 15.3 Å². The number of anilines is 1. The molecule has 0 aromatic heterocycles. The smallest absolute Gasteiger partial charge is 0.368 e. The highest BCUT2D eigenvalue weighted by molar-refractivity contribution is 5.55. The minimum absolute atomic E-state index is 0.0374. The van der Waals surface area contributed by atoms with Gasteiger partial charge >= 0.3 is 6.18 Å². The summed E-state index contributed by atoms with van der Waals surface area (Å²) in [6.07, 6.45) is -2.14. The van der Waals surface area contributed by atoms with Crippen molar-refractivity contribution in [2.45, 2.75) is 38.9 Å². The van der Waals surface area contributed by atoms with E-state index >= 15 is 0 Å². The molecule has 2 nitrogen and oxygen atoms in total. The van der Waals surface area contributed by atoms with Gasteiger partial charge in [-0.3, -0.25) is 0 Å². The standard InChI is InChI=1S/C16H23F3N2/c1-12(2)21(11-13-6-5-9-20-10-13)15-8-4-3-7-14(15)16(17,18)19/h3-4,7-8,12-13,20H,5-6,9-11H2,1-2H3. The van der Waals surface area contributed by atoms with Gasteiger partial charge in [0.15, 0.2) is 0 Å². The third-order valence-electron chi connectivity index (χ3n) is 4.00. The lowest BCUT2D eigenvalue weighted by molar-refractivity contribution is -0.137. The number of halogens is 3. The summed E-state index contributed by atoms with van der Waals surface area (Å²) in [5, 5.41) is 3.33. The summed E-state index contributed by atoms with van der Waals surface area (Å²) in [5.74, 6) is 0.405. The largest absolute Gasteiger partial charge is 0.418 e. The molecule has 0 amide bonds. The van der Waals surface area contributed by atoms with Crippen molar-refractivity contribution >= 4 is 5.69 Å². The van der Waals surface area contributed by atoms with Crippen molar-refractivity contribution in [3.8, 4) is 0 Å². The van der Waals surface area contributed by atoms with Crippen molar-refractivity contribution in [1.29, 1.82) is 0 Å². The van der Waals surface area contributed by atoms with Gasteiger partial charge in [0.1, 0.15) is 0 Å². The summed E-state index contributed by atoms with van der Waals surface area (Å²) in [6, 6.07) is 5.92. The minimum Gasteiger partial charge on any atom is -0.368 e. The van der Waals surface area contributed by atoms with Gasteiger partial charge in [0, 0.05) is 18.3 Å². The maximum absolute atomic E-state index is 13.2. The first kappa shape index (κ1) is 16.1. The number of hydrogen-bond acceptors (Lipinski definition) is 2. The van der Waals surface area contributed by atoms with Crippen molar-refractivity contribution in [2.24, 2.45) is 5.92 Å². The number of nitrogens with one attached hydrogen (secondary N) is 1. The second-order valence-electron chi connectivity index (χ2n) is 5.97. The highest BCUT2D eigenvalue weighted by atomic mass is 19.4. The molecule has 1 aromatic rings. The Balaban J connectivity index is 2.26. The van der Waals surface area contributed by atoms with Gasteiger partial charge in [0.2, 0.25) is 0 Å². The molecular formula is C16H23F3N2. The van der Waals surface area contributed by atoms with Crippen molar-refractivity contribution in [3.05, 3.63) is 29.8 Å². The van der Waals surface area contributed by atoms with Crippen LogP contribution in [0, 0.1) is 5.92 Å². The third-order valence-corrected chi connectivity index (χ3v) is 4.00. The van der Waals surface area contributed by atoms with Crippen LogP contribution in [0.5, 0.6) is 0 Å². The zero-order valence-electron chi connectivity index (χ0n) is 12.6. The van der Waals surface area contributed by atoms with E-state index in [1.54, 1.807) is 12.1 Å². The SMILES string of the molecule is CC(C)N(CC1CCCNC1)c1ccccc1C(F)(F)F. The highest BCUT2D eigenvalue weighted by Gasteiger charge is 2.35. The Morgan fingerprint density at radius 1 is 1.29 bits per heavy atom. The number of rotatable bonds is 4. The quantitative estimate of drug-likeness (QED) is 0.906. The lowest BCUT2D eigenvalue weighted by atomic mass is 9.97. The highest BCUT2D eigenvalue weighted by Crippen LogP contribution is 2.37. The van der Waals surface area contributed by atoms with E-state index in [4.69, 9.17) is 0 Å². The van der Waals surface area contributed by atoms with Gasteiger partial charge in [0.05, 0.1) is 5.56 Å². The Morgan fingerprint density at radius 3 is 2.57 bits per heavy atom. The predicted molar refractivity (Wildman–Crippen MR) is 79.5 cm³/mol.